The molecule has 152 valence electrons. The molecule has 1 aromatic carbocycles. The summed E-state index contributed by atoms with van der Waals surface area (Å²) in [6.45, 7) is 11.1. The molecule has 0 saturated carbocycles. The maximum Gasteiger partial charge on any atom is 0.258 e. The quantitative estimate of drug-likeness (QED) is 0.332. The van der Waals surface area contributed by atoms with E-state index in [0.717, 1.165) is 38.7 Å². The lowest BCUT2D eigenvalue weighted by molar-refractivity contribution is -0.112. The van der Waals surface area contributed by atoms with Crippen molar-refractivity contribution in [1.82, 2.24) is 15.0 Å². The topological polar surface area (TPSA) is 80.1 Å². The summed E-state index contributed by atoms with van der Waals surface area (Å²) in [5.41, 5.74) is 6.01. The van der Waals surface area contributed by atoms with E-state index in [1.54, 1.807) is 23.7 Å². The molecule has 0 aliphatic heterocycles. The van der Waals surface area contributed by atoms with Gasteiger partial charge in [0, 0.05) is 22.7 Å². The number of nitrogens with one attached hydrogen (secondary N) is 1. The molecule has 7 heteroatoms. The van der Waals surface area contributed by atoms with Crippen molar-refractivity contribution in [3.05, 3.63) is 70.0 Å². The molecule has 30 heavy (non-hydrogen) atoms. The van der Waals surface area contributed by atoms with Crippen LogP contribution in [0.3, 0.4) is 0 Å². The van der Waals surface area contributed by atoms with E-state index in [1.165, 1.54) is 6.20 Å². The molecular formula is C23H23N5OS. The second kappa shape index (κ2) is 9.37. The van der Waals surface area contributed by atoms with Gasteiger partial charge in [-0.25, -0.2) is 9.97 Å². The van der Waals surface area contributed by atoms with Crippen molar-refractivity contribution in [2.24, 2.45) is 4.99 Å². The van der Waals surface area contributed by atoms with Crippen molar-refractivity contribution in [3.8, 4) is 22.5 Å². The molecule has 0 bridgehead atoms. The number of nitrogens with zero attached hydrogens (tertiary/aromatic N) is 4. The molecule has 0 fully saturated rings. The first kappa shape index (κ1) is 21.3. The molecule has 0 unspecified atom stereocenters. The largest absolute Gasteiger partial charge is 0.305 e. The fourth-order valence-electron chi connectivity index (χ4n) is 2.85. The first-order chi connectivity index (χ1) is 14.4. The van der Waals surface area contributed by atoms with E-state index < -0.39 is 0 Å². The Hall–Kier alpha value is -3.45. The predicted molar refractivity (Wildman–Crippen MR) is 124 cm³/mol. The molecule has 0 spiro atoms. The van der Waals surface area contributed by atoms with E-state index in [0.29, 0.717) is 11.4 Å². The minimum atomic E-state index is -0.308. The van der Waals surface area contributed by atoms with Gasteiger partial charge < -0.3 is 5.32 Å². The summed E-state index contributed by atoms with van der Waals surface area (Å²) in [4.78, 5) is 29.7. The van der Waals surface area contributed by atoms with Gasteiger partial charge in [0.1, 0.15) is 0 Å². The highest BCUT2D eigenvalue weighted by molar-refractivity contribution is 7.09. The normalized spacial score (nSPS) is 12.0. The van der Waals surface area contributed by atoms with E-state index in [4.69, 9.17) is 0 Å². The van der Waals surface area contributed by atoms with Gasteiger partial charge in [-0.15, -0.1) is 11.3 Å². The molecule has 6 nitrogen and oxygen atoms in total. The van der Waals surface area contributed by atoms with Crippen molar-refractivity contribution < 1.29 is 4.79 Å². The van der Waals surface area contributed by atoms with Crippen molar-refractivity contribution in [2.75, 3.05) is 5.32 Å². The highest BCUT2D eigenvalue weighted by atomic mass is 32.1. The average molecular weight is 418 g/mol. The van der Waals surface area contributed by atoms with Gasteiger partial charge in [-0.1, -0.05) is 18.2 Å². The van der Waals surface area contributed by atoms with Gasteiger partial charge in [-0.3, -0.25) is 14.8 Å². The molecule has 3 aromatic rings. The fraction of sp³-hybridized carbons (Fsp3) is 0.174. The number of hydrogen-bond acceptors (Lipinski definition) is 6. The Morgan fingerprint density at radius 2 is 2.00 bits per heavy atom. The molecule has 1 amide bonds. The molecule has 1 N–H and O–H groups in total. The number of anilines is 1. The SMILES string of the molecule is C=N/C=C(C(=O)Nc1cnc(-c2cc(-c3csc(C)n3)ccc2C)cn1)\C(C)=C/C. The number of carbonyl (C=O) groups is 1. The van der Waals surface area contributed by atoms with Gasteiger partial charge in [-0.05, 0) is 51.6 Å². The Kier molecular flexibility index (Phi) is 6.64. The summed E-state index contributed by atoms with van der Waals surface area (Å²) in [7, 11) is 0. The lowest BCUT2D eigenvalue weighted by atomic mass is 10.0. The number of aromatic nitrogens is 3. The maximum absolute atomic E-state index is 12.5. The van der Waals surface area contributed by atoms with Crippen LogP contribution in [0.25, 0.3) is 22.5 Å². The van der Waals surface area contributed by atoms with E-state index in [1.807, 2.05) is 39.2 Å². The zero-order valence-corrected chi connectivity index (χ0v) is 18.2. The summed E-state index contributed by atoms with van der Waals surface area (Å²) >= 11 is 1.62. The lowest BCUT2D eigenvalue weighted by Gasteiger charge is -2.10. The molecule has 0 saturated heterocycles. The Morgan fingerprint density at radius 1 is 1.20 bits per heavy atom. The molecule has 3 rings (SSSR count). The molecule has 0 aliphatic rings. The van der Waals surface area contributed by atoms with Crippen molar-refractivity contribution in [2.45, 2.75) is 27.7 Å². The Morgan fingerprint density at radius 3 is 2.60 bits per heavy atom. The number of benzene rings is 1. The summed E-state index contributed by atoms with van der Waals surface area (Å²) in [5.74, 6) is 0.0590. The summed E-state index contributed by atoms with van der Waals surface area (Å²) in [6.07, 6.45) is 6.48. The van der Waals surface area contributed by atoms with Crippen LogP contribution in [0.2, 0.25) is 0 Å². The molecule has 2 aromatic heterocycles. The van der Waals surface area contributed by atoms with E-state index >= 15 is 0 Å². The van der Waals surface area contributed by atoms with Gasteiger partial charge in [0.25, 0.3) is 5.91 Å². The van der Waals surface area contributed by atoms with Crippen LogP contribution in [0.5, 0.6) is 0 Å². The van der Waals surface area contributed by atoms with Crippen LogP contribution in [0, 0.1) is 13.8 Å². The van der Waals surface area contributed by atoms with E-state index in [9.17, 15) is 4.79 Å². The number of rotatable bonds is 6. The molecular weight excluding hydrogens is 394 g/mol. The summed E-state index contributed by atoms with van der Waals surface area (Å²) < 4.78 is 0. The summed E-state index contributed by atoms with van der Waals surface area (Å²) in [6, 6.07) is 6.18. The van der Waals surface area contributed by atoms with Crippen LogP contribution in [-0.4, -0.2) is 27.6 Å². The van der Waals surface area contributed by atoms with E-state index in [2.05, 4.69) is 50.2 Å². The number of carbonyl (C=O) groups excluding carboxylic acids is 1. The number of thiazole rings is 1. The first-order valence-electron chi connectivity index (χ1n) is 9.39. The lowest BCUT2D eigenvalue weighted by Crippen LogP contribution is -2.16. The van der Waals surface area contributed by atoms with Crippen molar-refractivity contribution in [3.63, 3.8) is 0 Å². The number of allylic oxidation sites excluding steroid dienone is 1. The number of hydrogen-bond donors (Lipinski definition) is 1. The van der Waals surface area contributed by atoms with Gasteiger partial charge in [-0.2, -0.15) is 0 Å². The number of aryl methyl sites for hydroxylation is 2. The number of aliphatic imine (C=N–C) groups is 1. The Bertz CT molecular complexity index is 1140. The Balaban J connectivity index is 1.85. The van der Waals surface area contributed by atoms with Crippen LogP contribution in [0.15, 0.2) is 64.4 Å². The Labute approximate surface area is 180 Å². The van der Waals surface area contributed by atoms with Gasteiger partial charge in [0.15, 0.2) is 5.82 Å². The zero-order valence-electron chi connectivity index (χ0n) is 17.4. The van der Waals surface area contributed by atoms with E-state index in [-0.39, 0.29) is 5.91 Å². The molecule has 0 atom stereocenters. The minimum absolute atomic E-state index is 0.308. The fourth-order valence-corrected chi connectivity index (χ4v) is 3.48. The van der Waals surface area contributed by atoms with Crippen LogP contribution >= 0.6 is 11.3 Å². The monoisotopic (exact) mass is 417 g/mol. The standard InChI is InChI=1S/C23H23N5OS/c1-6-14(2)19(10-24-5)23(29)28-22-12-25-20(11-26-22)18-9-17(8-7-15(18)3)21-13-30-16(4)27-21/h6-13H,5H2,1-4H3,(H,26,28,29)/b14-6-,19-10+. The van der Waals surface area contributed by atoms with Crippen molar-refractivity contribution >= 4 is 29.8 Å². The van der Waals surface area contributed by atoms with Crippen LogP contribution < -0.4 is 5.32 Å². The molecule has 0 radical (unpaired) electrons. The maximum atomic E-state index is 12.5. The third kappa shape index (κ3) is 4.75. The van der Waals surface area contributed by atoms with Gasteiger partial charge >= 0.3 is 0 Å². The zero-order chi connectivity index (χ0) is 21.7. The average Bonchev–Trinajstić information content (AvgIpc) is 3.18. The minimum Gasteiger partial charge on any atom is -0.305 e. The second-order valence-electron chi connectivity index (χ2n) is 6.72. The van der Waals surface area contributed by atoms with Crippen LogP contribution in [0.1, 0.15) is 24.4 Å². The third-order valence-electron chi connectivity index (χ3n) is 4.64. The molecule has 2 heterocycles. The molecule has 0 aliphatic carbocycles. The van der Waals surface area contributed by atoms with Gasteiger partial charge in [0.2, 0.25) is 0 Å². The first-order valence-corrected chi connectivity index (χ1v) is 10.3. The van der Waals surface area contributed by atoms with Crippen LogP contribution in [0.4, 0.5) is 5.82 Å². The predicted octanol–water partition coefficient (Wildman–Crippen LogP) is 5.37. The summed E-state index contributed by atoms with van der Waals surface area (Å²) in [5, 5.41) is 5.83. The third-order valence-corrected chi connectivity index (χ3v) is 5.42. The second-order valence-corrected chi connectivity index (χ2v) is 7.78. The smallest absolute Gasteiger partial charge is 0.258 e. The van der Waals surface area contributed by atoms with Crippen LogP contribution in [-0.2, 0) is 4.79 Å². The van der Waals surface area contributed by atoms with Crippen molar-refractivity contribution in [1.29, 1.82) is 0 Å². The van der Waals surface area contributed by atoms with Gasteiger partial charge in [0.05, 0.1) is 34.4 Å². The number of amides is 1. The highest BCUT2D eigenvalue weighted by Gasteiger charge is 2.13. The highest BCUT2D eigenvalue weighted by Crippen LogP contribution is 2.29.